The average molecular weight is 412 g/mol. The van der Waals surface area contributed by atoms with Crippen molar-refractivity contribution < 1.29 is 4.79 Å². The largest absolute Gasteiger partial charge is 0.355 e. The number of benzene rings is 1. The normalized spacial score (nSPS) is 29.9. The summed E-state index contributed by atoms with van der Waals surface area (Å²) in [5.74, 6) is 3.16. The Labute approximate surface area is 176 Å². The summed E-state index contributed by atoms with van der Waals surface area (Å²) in [5.41, 5.74) is 3.60. The maximum absolute atomic E-state index is 12.6. The van der Waals surface area contributed by atoms with Crippen molar-refractivity contribution >= 4 is 17.7 Å². The Bertz CT molecular complexity index is 868. The number of aromatic nitrogens is 4. The van der Waals surface area contributed by atoms with Gasteiger partial charge in [0.1, 0.15) is 0 Å². The van der Waals surface area contributed by atoms with Crippen LogP contribution in [-0.2, 0) is 4.79 Å². The van der Waals surface area contributed by atoms with Crippen molar-refractivity contribution in [1.82, 2.24) is 25.5 Å². The molecule has 4 aliphatic rings. The van der Waals surface area contributed by atoms with Gasteiger partial charge >= 0.3 is 0 Å². The number of nitrogens with zero attached hydrogens (tertiary/aromatic N) is 4. The lowest BCUT2D eigenvalue weighted by Crippen LogP contribution is -2.51. The molecule has 0 spiro atoms. The summed E-state index contributed by atoms with van der Waals surface area (Å²) in [7, 11) is 0. The van der Waals surface area contributed by atoms with Crippen LogP contribution in [0.2, 0.25) is 0 Å². The Kier molecular flexibility index (Phi) is 4.88. The van der Waals surface area contributed by atoms with Gasteiger partial charge in [0.2, 0.25) is 11.1 Å². The number of carbonyl (C=O) groups is 1. The number of rotatable bonds is 6. The van der Waals surface area contributed by atoms with Crippen LogP contribution in [0.5, 0.6) is 0 Å². The highest BCUT2D eigenvalue weighted by molar-refractivity contribution is 7.99. The lowest BCUT2D eigenvalue weighted by Gasteiger charge is -2.56. The second-order valence-electron chi connectivity index (χ2n) is 9.60. The third-order valence-corrected chi connectivity index (χ3v) is 8.17. The standard InChI is InChI=1S/C22H29N5OS/c1-14-4-3-5-15(2)20(14)27-21(24-25-26-27)29-12-19(28)23-13-22-9-16-6-17(10-22)8-18(7-16)11-22/h3-5,16-18H,6-13H2,1-2H3,(H,23,28). The molecule has 7 heteroatoms. The molecule has 6 nitrogen and oxygen atoms in total. The molecule has 4 fully saturated rings. The molecule has 1 amide bonds. The van der Waals surface area contributed by atoms with Gasteiger partial charge in [0.15, 0.2) is 0 Å². The van der Waals surface area contributed by atoms with Crippen molar-refractivity contribution in [2.75, 3.05) is 12.3 Å². The number of hydrogen-bond acceptors (Lipinski definition) is 5. The molecule has 0 radical (unpaired) electrons. The number of para-hydroxylation sites is 1. The van der Waals surface area contributed by atoms with Crippen molar-refractivity contribution in [1.29, 1.82) is 0 Å². The summed E-state index contributed by atoms with van der Waals surface area (Å²) >= 11 is 1.41. The molecular weight excluding hydrogens is 382 g/mol. The highest BCUT2D eigenvalue weighted by atomic mass is 32.2. The van der Waals surface area contributed by atoms with E-state index in [0.29, 0.717) is 16.3 Å². The van der Waals surface area contributed by atoms with E-state index >= 15 is 0 Å². The van der Waals surface area contributed by atoms with Gasteiger partial charge in [-0.05, 0) is 97.1 Å². The fraction of sp³-hybridized carbons (Fsp3) is 0.636. The first-order chi connectivity index (χ1) is 14.0. The van der Waals surface area contributed by atoms with Crippen LogP contribution in [0.15, 0.2) is 23.4 Å². The van der Waals surface area contributed by atoms with Crippen molar-refractivity contribution in [2.45, 2.75) is 57.5 Å². The second-order valence-corrected chi connectivity index (χ2v) is 10.5. The molecule has 1 heterocycles. The summed E-state index contributed by atoms with van der Waals surface area (Å²) in [6.07, 6.45) is 8.25. The molecule has 4 aliphatic carbocycles. The number of tetrazole rings is 1. The summed E-state index contributed by atoms with van der Waals surface area (Å²) in [6.45, 7) is 4.95. The van der Waals surface area contributed by atoms with E-state index in [1.54, 1.807) is 4.68 Å². The van der Waals surface area contributed by atoms with Crippen LogP contribution >= 0.6 is 11.8 Å². The van der Waals surface area contributed by atoms with Gasteiger partial charge < -0.3 is 5.32 Å². The van der Waals surface area contributed by atoms with E-state index in [1.165, 1.54) is 50.3 Å². The van der Waals surface area contributed by atoms with E-state index < -0.39 is 0 Å². The van der Waals surface area contributed by atoms with Crippen LogP contribution < -0.4 is 5.32 Å². The number of aryl methyl sites for hydroxylation is 2. The number of nitrogens with one attached hydrogen (secondary N) is 1. The molecule has 4 bridgehead atoms. The van der Waals surface area contributed by atoms with Crippen molar-refractivity contribution in [3.63, 3.8) is 0 Å². The first-order valence-corrected chi connectivity index (χ1v) is 11.7. The predicted octanol–water partition coefficient (Wildman–Crippen LogP) is 3.70. The smallest absolute Gasteiger partial charge is 0.230 e. The van der Waals surface area contributed by atoms with Gasteiger partial charge in [-0.1, -0.05) is 30.0 Å². The Morgan fingerprint density at radius 1 is 1.14 bits per heavy atom. The topological polar surface area (TPSA) is 72.7 Å². The molecule has 1 N–H and O–H groups in total. The number of carbonyl (C=O) groups excluding carboxylic acids is 1. The molecule has 29 heavy (non-hydrogen) atoms. The Morgan fingerprint density at radius 2 is 1.76 bits per heavy atom. The monoisotopic (exact) mass is 411 g/mol. The van der Waals surface area contributed by atoms with E-state index in [2.05, 4.69) is 46.8 Å². The Morgan fingerprint density at radius 3 is 2.38 bits per heavy atom. The van der Waals surface area contributed by atoms with Gasteiger partial charge in [0.05, 0.1) is 11.4 Å². The minimum atomic E-state index is 0.0850. The molecule has 2 aromatic rings. The molecule has 0 atom stereocenters. The van der Waals surface area contributed by atoms with Crippen molar-refractivity contribution in [2.24, 2.45) is 23.2 Å². The van der Waals surface area contributed by atoms with Gasteiger partial charge in [-0.3, -0.25) is 4.79 Å². The Balaban J connectivity index is 1.20. The van der Waals surface area contributed by atoms with Crippen LogP contribution in [-0.4, -0.2) is 38.4 Å². The fourth-order valence-electron chi connectivity index (χ4n) is 6.52. The molecule has 4 saturated carbocycles. The summed E-state index contributed by atoms with van der Waals surface area (Å²) in [6, 6.07) is 6.14. The zero-order chi connectivity index (χ0) is 20.0. The molecule has 0 unspecified atom stereocenters. The molecule has 6 rings (SSSR count). The first-order valence-electron chi connectivity index (χ1n) is 10.8. The van der Waals surface area contributed by atoms with Crippen LogP contribution in [0.25, 0.3) is 5.69 Å². The fourth-order valence-corrected chi connectivity index (χ4v) is 7.23. The lowest BCUT2D eigenvalue weighted by atomic mass is 9.49. The van der Waals surface area contributed by atoms with Gasteiger partial charge in [0, 0.05) is 6.54 Å². The molecule has 154 valence electrons. The van der Waals surface area contributed by atoms with E-state index in [0.717, 1.165) is 41.1 Å². The summed E-state index contributed by atoms with van der Waals surface area (Å²) < 4.78 is 1.75. The third-order valence-electron chi connectivity index (χ3n) is 7.25. The first kappa shape index (κ1) is 19.1. The number of thioether (sulfide) groups is 1. The van der Waals surface area contributed by atoms with E-state index in [1.807, 2.05) is 6.07 Å². The molecule has 0 saturated heterocycles. The molecule has 1 aromatic carbocycles. The summed E-state index contributed by atoms with van der Waals surface area (Å²) in [5, 5.41) is 16.1. The zero-order valence-electron chi connectivity index (χ0n) is 17.2. The highest BCUT2D eigenvalue weighted by Crippen LogP contribution is 2.59. The van der Waals surface area contributed by atoms with Crippen molar-refractivity contribution in [3.8, 4) is 5.69 Å². The minimum Gasteiger partial charge on any atom is -0.355 e. The Hall–Kier alpha value is -1.89. The lowest BCUT2D eigenvalue weighted by molar-refractivity contribution is -0.120. The summed E-state index contributed by atoms with van der Waals surface area (Å²) in [4.78, 5) is 12.6. The van der Waals surface area contributed by atoms with Crippen LogP contribution in [0.4, 0.5) is 0 Å². The number of amides is 1. The van der Waals surface area contributed by atoms with Crippen molar-refractivity contribution in [3.05, 3.63) is 29.3 Å². The molecule has 1 aromatic heterocycles. The number of hydrogen-bond donors (Lipinski definition) is 1. The molecular formula is C22H29N5OS. The van der Waals surface area contributed by atoms with Crippen LogP contribution in [0.3, 0.4) is 0 Å². The minimum absolute atomic E-state index is 0.0850. The van der Waals surface area contributed by atoms with E-state index in [4.69, 9.17) is 0 Å². The van der Waals surface area contributed by atoms with Gasteiger partial charge in [0.25, 0.3) is 0 Å². The second kappa shape index (κ2) is 7.42. The SMILES string of the molecule is Cc1cccc(C)c1-n1nnnc1SCC(=O)NCC12CC3CC(CC(C3)C1)C2. The van der Waals surface area contributed by atoms with Gasteiger partial charge in [-0.15, -0.1) is 5.10 Å². The van der Waals surface area contributed by atoms with E-state index in [-0.39, 0.29) is 5.91 Å². The predicted molar refractivity (Wildman–Crippen MR) is 113 cm³/mol. The van der Waals surface area contributed by atoms with Gasteiger partial charge in [-0.25, -0.2) is 0 Å². The van der Waals surface area contributed by atoms with E-state index in [9.17, 15) is 4.79 Å². The zero-order valence-corrected chi connectivity index (χ0v) is 18.0. The maximum Gasteiger partial charge on any atom is 0.230 e. The average Bonchev–Trinajstić information content (AvgIpc) is 3.12. The van der Waals surface area contributed by atoms with Crippen LogP contribution in [0.1, 0.15) is 49.7 Å². The van der Waals surface area contributed by atoms with Gasteiger partial charge in [-0.2, -0.15) is 4.68 Å². The third kappa shape index (κ3) is 3.69. The highest BCUT2D eigenvalue weighted by Gasteiger charge is 2.50. The quantitative estimate of drug-likeness (QED) is 0.734. The maximum atomic E-state index is 12.6. The van der Waals surface area contributed by atoms with Crippen LogP contribution in [0, 0.1) is 37.0 Å². The molecule has 0 aliphatic heterocycles.